The minimum atomic E-state index is 0.0428. The first-order valence-corrected chi connectivity index (χ1v) is 7.21. The van der Waals surface area contributed by atoms with Crippen LogP contribution in [0.4, 0.5) is 0 Å². The Morgan fingerprint density at radius 1 is 1.28 bits per heavy atom. The smallest absolute Gasteiger partial charge is 0.124 e. The Hall–Kier alpha value is -1.02. The summed E-state index contributed by atoms with van der Waals surface area (Å²) in [5, 5.41) is 0. The molecule has 18 heavy (non-hydrogen) atoms. The molecule has 0 saturated heterocycles. The third-order valence-corrected chi connectivity index (χ3v) is 4.75. The topological polar surface area (TPSA) is 35.2 Å². The molecule has 0 amide bonds. The molecule has 0 radical (unpaired) electrons. The summed E-state index contributed by atoms with van der Waals surface area (Å²) in [4.78, 5) is 0. The molecule has 1 aromatic rings. The van der Waals surface area contributed by atoms with Crippen molar-refractivity contribution in [2.45, 2.75) is 38.6 Å². The van der Waals surface area contributed by atoms with Gasteiger partial charge in [0.25, 0.3) is 0 Å². The number of hydrogen-bond acceptors (Lipinski definition) is 2. The van der Waals surface area contributed by atoms with E-state index in [4.69, 9.17) is 10.5 Å². The summed E-state index contributed by atoms with van der Waals surface area (Å²) in [5.41, 5.74) is 7.10. The van der Waals surface area contributed by atoms with Crippen molar-refractivity contribution >= 4 is 0 Å². The van der Waals surface area contributed by atoms with Gasteiger partial charge in [0.1, 0.15) is 5.75 Å². The maximum absolute atomic E-state index is 6.06. The molecule has 2 saturated carbocycles. The predicted octanol–water partition coefficient (Wildman–Crippen LogP) is 3.52. The summed E-state index contributed by atoms with van der Waals surface area (Å²) in [6.45, 7) is 2.89. The minimum absolute atomic E-state index is 0.0428. The molecule has 3 unspecified atom stereocenters. The summed E-state index contributed by atoms with van der Waals surface area (Å²) < 4.78 is 6.06. The summed E-state index contributed by atoms with van der Waals surface area (Å²) in [6.07, 6.45) is 5.71. The Bertz CT molecular complexity index is 415. The van der Waals surface area contributed by atoms with E-state index in [-0.39, 0.29) is 6.04 Å². The highest BCUT2D eigenvalue weighted by Gasteiger charge is 2.39. The molecular weight excluding hydrogens is 222 g/mol. The molecule has 0 aromatic heterocycles. The van der Waals surface area contributed by atoms with E-state index >= 15 is 0 Å². The van der Waals surface area contributed by atoms with Crippen molar-refractivity contribution in [2.75, 3.05) is 6.61 Å². The number of ether oxygens (including phenoxy) is 1. The zero-order valence-corrected chi connectivity index (χ0v) is 11.1. The molecule has 2 N–H and O–H groups in total. The number of para-hydroxylation sites is 1. The molecule has 98 valence electrons. The molecule has 3 rings (SSSR count). The van der Waals surface area contributed by atoms with Crippen molar-refractivity contribution in [3.63, 3.8) is 0 Å². The minimum Gasteiger partial charge on any atom is -0.493 e. The number of hydrogen-bond donors (Lipinski definition) is 1. The van der Waals surface area contributed by atoms with Crippen LogP contribution in [0.3, 0.4) is 0 Å². The van der Waals surface area contributed by atoms with Crippen molar-refractivity contribution in [1.82, 2.24) is 0 Å². The first kappa shape index (κ1) is 12.0. The van der Waals surface area contributed by atoms with Crippen molar-refractivity contribution in [3.8, 4) is 5.75 Å². The lowest BCUT2D eigenvalue weighted by Crippen LogP contribution is -2.19. The summed E-state index contributed by atoms with van der Waals surface area (Å²) in [6, 6.07) is 8.22. The van der Waals surface area contributed by atoms with E-state index < -0.39 is 0 Å². The molecule has 2 nitrogen and oxygen atoms in total. The summed E-state index contributed by atoms with van der Waals surface area (Å²) in [5.74, 6) is 3.69. The van der Waals surface area contributed by atoms with Crippen LogP contribution in [-0.4, -0.2) is 6.61 Å². The highest BCUT2D eigenvalue weighted by atomic mass is 16.5. The molecule has 2 fully saturated rings. The van der Waals surface area contributed by atoms with Gasteiger partial charge in [0, 0.05) is 11.6 Å². The maximum atomic E-state index is 6.06. The van der Waals surface area contributed by atoms with E-state index in [1.807, 2.05) is 25.1 Å². The van der Waals surface area contributed by atoms with E-state index in [2.05, 4.69) is 6.07 Å². The number of benzene rings is 1. The van der Waals surface area contributed by atoms with Gasteiger partial charge < -0.3 is 10.5 Å². The quantitative estimate of drug-likeness (QED) is 0.881. The summed E-state index contributed by atoms with van der Waals surface area (Å²) in [7, 11) is 0. The van der Waals surface area contributed by atoms with Crippen LogP contribution in [0.25, 0.3) is 0 Å². The fourth-order valence-electron chi connectivity index (χ4n) is 3.77. The fraction of sp³-hybridized carbons (Fsp3) is 0.625. The molecule has 2 aliphatic rings. The summed E-state index contributed by atoms with van der Waals surface area (Å²) >= 11 is 0. The number of fused-ring (bicyclic) bond motifs is 2. The van der Waals surface area contributed by atoms with Crippen LogP contribution < -0.4 is 10.5 Å². The average Bonchev–Trinajstić information content (AvgIpc) is 2.98. The number of rotatable bonds is 4. The first-order valence-electron chi connectivity index (χ1n) is 7.21. The second-order valence-corrected chi connectivity index (χ2v) is 6.07. The van der Waals surface area contributed by atoms with Gasteiger partial charge in [0.2, 0.25) is 0 Å². The standard InChI is InChI=1S/C16H23NO/c1-11(17)15-4-2-3-5-16(15)18-10-14-9-12-6-7-13(14)8-12/h2-5,11-14H,6-10,17H2,1H3/t11-,12?,13?,14?/m0/s1. The van der Waals surface area contributed by atoms with Crippen LogP contribution >= 0.6 is 0 Å². The van der Waals surface area contributed by atoms with E-state index in [9.17, 15) is 0 Å². The van der Waals surface area contributed by atoms with Gasteiger partial charge >= 0.3 is 0 Å². The Kier molecular flexibility index (Phi) is 3.29. The third-order valence-electron chi connectivity index (χ3n) is 4.75. The average molecular weight is 245 g/mol. The highest BCUT2D eigenvalue weighted by molar-refractivity contribution is 5.35. The Morgan fingerprint density at radius 3 is 2.78 bits per heavy atom. The lowest BCUT2D eigenvalue weighted by atomic mass is 9.89. The van der Waals surface area contributed by atoms with Gasteiger partial charge in [-0.05, 0) is 50.0 Å². The Morgan fingerprint density at radius 2 is 2.11 bits per heavy atom. The molecule has 0 spiro atoms. The molecule has 0 heterocycles. The Labute approximate surface area is 110 Å². The van der Waals surface area contributed by atoms with Crippen molar-refractivity contribution in [1.29, 1.82) is 0 Å². The zero-order chi connectivity index (χ0) is 12.5. The van der Waals surface area contributed by atoms with Crippen LogP contribution in [0, 0.1) is 17.8 Å². The molecule has 1 aromatic carbocycles. The Balaban J connectivity index is 1.63. The van der Waals surface area contributed by atoms with Crippen molar-refractivity contribution < 1.29 is 4.74 Å². The van der Waals surface area contributed by atoms with Crippen LogP contribution in [0.5, 0.6) is 5.75 Å². The van der Waals surface area contributed by atoms with Crippen LogP contribution in [0.1, 0.15) is 44.2 Å². The van der Waals surface area contributed by atoms with Gasteiger partial charge in [0.15, 0.2) is 0 Å². The predicted molar refractivity (Wildman–Crippen MR) is 73.5 cm³/mol. The monoisotopic (exact) mass is 245 g/mol. The van der Waals surface area contributed by atoms with Gasteiger partial charge in [0.05, 0.1) is 6.61 Å². The lowest BCUT2D eigenvalue weighted by Gasteiger charge is -2.23. The van der Waals surface area contributed by atoms with Gasteiger partial charge in [-0.15, -0.1) is 0 Å². The second kappa shape index (κ2) is 4.93. The zero-order valence-electron chi connectivity index (χ0n) is 11.1. The van der Waals surface area contributed by atoms with Crippen molar-refractivity contribution in [2.24, 2.45) is 23.5 Å². The fourth-order valence-corrected chi connectivity index (χ4v) is 3.77. The van der Waals surface area contributed by atoms with Crippen LogP contribution in [0.15, 0.2) is 24.3 Å². The normalized spacial score (nSPS) is 31.6. The van der Waals surface area contributed by atoms with E-state index in [0.717, 1.165) is 35.7 Å². The largest absolute Gasteiger partial charge is 0.493 e. The molecule has 2 aliphatic carbocycles. The SMILES string of the molecule is C[C@H](N)c1ccccc1OCC1CC2CCC1C2. The van der Waals surface area contributed by atoms with E-state index in [1.54, 1.807) is 0 Å². The lowest BCUT2D eigenvalue weighted by molar-refractivity contribution is 0.193. The van der Waals surface area contributed by atoms with Gasteiger partial charge in [-0.3, -0.25) is 0 Å². The number of nitrogens with two attached hydrogens (primary N) is 1. The molecule has 0 aliphatic heterocycles. The van der Waals surface area contributed by atoms with Gasteiger partial charge in [-0.1, -0.05) is 24.6 Å². The molecular formula is C16H23NO. The van der Waals surface area contributed by atoms with E-state index in [1.165, 1.54) is 25.7 Å². The van der Waals surface area contributed by atoms with E-state index in [0.29, 0.717) is 0 Å². The van der Waals surface area contributed by atoms with Gasteiger partial charge in [-0.25, -0.2) is 0 Å². The molecule has 4 atom stereocenters. The van der Waals surface area contributed by atoms with Crippen molar-refractivity contribution in [3.05, 3.63) is 29.8 Å². The first-order chi connectivity index (χ1) is 8.74. The second-order valence-electron chi connectivity index (χ2n) is 6.07. The van der Waals surface area contributed by atoms with Gasteiger partial charge in [-0.2, -0.15) is 0 Å². The third kappa shape index (κ3) is 2.26. The maximum Gasteiger partial charge on any atom is 0.124 e. The highest BCUT2D eigenvalue weighted by Crippen LogP contribution is 2.48. The van der Waals surface area contributed by atoms with Crippen LogP contribution in [-0.2, 0) is 0 Å². The van der Waals surface area contributed by atoms with Crippen LogP contribution in [0.2, 0.25) is 0 Å². The molecule has 2 heteroatoms. The molecule has 2 bridgehead atoms.